The normalized spacial score (nSPS) is 25.8. The summed E-state index contributed by atoms with van der Waals surface area (Å²) in [6.45, 7) is 37.7. The number of ether oxygens (including phenoxy) is 4. The summed E-state index contributed by atoms with van der Waals surface area (Å²) in [4.78, 5) is 0.827. The van der Waals surface area contributed by atoms with Crippen molar-refractivity contribution in [2.24, 2.45) is 0 Å². The maximum absolute atomic E-state index is 14.8. The second-order valence-corrected chi connectivity index (χ2v) is 22.6. The van der Waals surface area contributed by atoms with Gasteiger partial charge in [-0.05, 0) is 146 Å². The second-order valence-electron chi connectivity index (χ2n) is 19.0. The molecule has 9 rings (SSSR count). The van der Waals surface area contributed by atoms with Crippen molar-refractivity contribution < 1.29 is 31.6 Å². The molecule has 0 bridgehead atoms. The topological polar surface area (TPSA) is 88.1 Å². The molecule has 0 amide bonds. The van der Waals surface area contributed by atoms with Crippen LogP contribution < -0.4 is 18.9 Å². The van der Waals surface area contributed by atoms with Crippen molar-refractivity contribution in [3.8, 4) is 23.0 Å². The van der Waals surface area contributed by atoms with Gasteiger partial charge in [-0.2, -0.15) is 0 Å². The third-order valence-corrected chi connectivity index (χ3v) is 18.4. The molecule has 5 aliphatic rings. The monoisotopic (exact) mass is 953 g/mol. The molecule has 1 spiro atoms. The summed E-state index contributed by atoms with van der Waals surface area (Å²) >= 11 is 0. The molecule has 9 heteroatoms. The van der Waals surface area contributed by atoms with E-state index in [4.69, 9.17) is 18.9 Å². The second kappa shape index (κ2) is 20.3. The number of rotatable bonds is 7. The number of hydrogen-bond donors (Lipinski definition) is 0. The fourth-order valence-corrected chi connectivity index (χ4v) is 14.7. The standard InChI is InChI=1S/C50H56O7S2.4C2H6/c1-11-33-30(4)45(59(52,53)32-22-18-15-19-23-32)43-42(44(33)58(51)31-20-16-14-17-21-31)54-38-24-34-36(26-39(38)55-43)50(28-46(34,5)6)29-47(7,8)35-25-40-41(27-37(35)50)57-49(10,13-3)48(9,12-2)56-40;4*1-2/h14-27,44-45H,11-13,28-29H2,1-10H3;4*1-2H3. The van der Waals surface area contributed by atoms with E-state index in [0.29, 0.717) is 34.1 Å². The zero-order valence-electron chi connectivity index (χ0n) is 43.9. The Morgan fingerprint density at radius 3 is 1.43 bits per heavy atom. The Bertz CT molecular complexity index is 2610. The minimum atomic E-state index is -4.03. The zero-order valence-corrected chi connectivity index (χ0v) is 45.6. The minimum absolute atomic E-state index is 0.182. The van der Waals surface area contributed by atoms with Crippen molar-refractivity contribution in [1.82, 2.24) is 0 Å². The lowest BCUT2D eigenvalue weighted by Gasteiger charge is -2.49. The molecule has 0 saturated heterocycles. The molecule has 0 fully saturated rings. The van der Waals surface area contributed by atoms with E-state index in [1.807, 2.05) is 99.6 Å². The Hall–Kier alpha value is -4.34. The summed E-state index contributed by atoms with van der Waals surface area (Å²) in [5.74, 6) is 3.02. The molecule has 3 aliphatic carbocycles. The van der Waals surface area contributed by atoms with Gasteiger partial charge in [0, 0.05) is 10.3 Å². The fourth-order valence-electron chi connectivity index (χ4n) is 11.2. The molecular weight excluding hydrogens is 873 g/mol. The number of sulfone groups is 1. The quantitative estimate of drug-likeness (QED) is 0.171. The predicted molar refractivity (Wildman–Crippen MR) is 278 cm³/mol. The minimum Gasteiger partial charge on any atom is -0.480 e. The van der Waals surface area contributed by atoms with Gasteiger partial charge in [0.2, 0.25) is 0 Å². The highest BCUT2D eigenvalue weighted by Crippen LogP contribution is 2.66. The molecular formula is C58H80O7S2. The van der Waals surface area contributed by atoms with Crippen molar-refractivity contribution in [2.45, 2.75) is 204 Å². The first-order valence-electron chi connectivity index (χ1n) is 25.1. The van der Waals surface area contributed by atoms with Gasteiger partial charge in [-0.3, -0.25) is 4.21 Å². The molecule has 4 aromatic carbocycles. The molecule has 7 nitrogen and oxygen atoms in total. The first kappa shape index (κ1) is 53.6. The average Bonchev–Trinajstić information content (AvgIpc) is 3.70. The van der Waals surface area contributed by atoms with E-state index in [-0.39, 0.29) is 26.9 Å². The molecule has 67 heavy (non-hydrogen) atoms. The van der Waals surface area contributed by atoms with Crippen molar-refractivity contribution >= 4 is 20.6 Å². The zero-order chi connectivity index (χ0) is 50.1. The molecule has 6 unspecified atom stereocenters. The fraction of sp³-hybridized carbons (Fsp3) is 0.517. The van der Waals surface area contributed by atoms with Crippen LogP contribution in [0.25, 0.3) is 0 Å². The van der Waals surface area contributed by atoms with Crippen LogP contribution in [0.15, 0.2) is 117 Å². The van der Waals surface area contributed by atoms with Gasteiger partial charge < -0.3 is 18.9 Å². The first-order valence-corrected chi connectivity index (χ1v) is 27.9. The highest BCUT2D eigenvalue weighted by molar-refractivity contribution is 7.92. The Morgan fingerprint density at radius 2 is 0.985 bits per heavy atom. The van der Waals surface area contributed by atoms with Crippen LogP contribution in [0.3, 0.4) is 0 Å². The third-order valence-electron chi connectivity index (χ3n) is 14.6. The molecule has 6 atom stereocenters. The van der Waals surface area contributed by atoms with Crippen molar-refractivity contribution in [3.63, 3.8) is 0 Å². The maximum atomic E-state index is 14.8. The Balaban J connectivity index is 0.000000998. The van der Waals surface area contributed by atoms with E-state index in [1.54, 1.807) is 30.3 Å². The summed E-state index contributed by atoms with van der Waals surface area (Å²) in [5, 5.41) is -1.90. The average molecular weight is 953 g/mol. The largest absolute Gasteiger partial charge is 0.480 e. The van der Waals surface area contributed by atoms with Crippen LogP contribution in [0.5, 0.6) is 23.0 Å². The van der Waals surface area contributed by atoms with Crippen LogP contribution in [0.2, 0.25) is 0 Å². The van der Waals surface area contributed by atoms with Crippen LogP contribution in [-0.2, 0) is 36.9 Å². The van der Waals surface area contributed by atoms with E-state index in [9.17, 15) is 12.6 Å². The summed E-state index contributed by atoms with van der Waals surface area (Å²) in [6.07, 6.45) is 3.83. The van der Waals surface area contributed by atoms with Gasteiger partial charge in [0.05, 0.1) is 15.7 Å². The van der Waals surface area contributed by atoms with Gasteiger partial charge in [-0.15, -0.1) is 0 Å². The smallest absolute Gasteiger partial charge is 0.192 e. The molecule has 0 radical (unpaired) electrons. The van der Waals surface area contributed by atoms with Crippen molar-refractivity contribution in [1.29, 1.82) is 0 Å². The van der Waals surface area contributed by atoms with Gasteiger partial charge in [-0.25, -0.2) is 8.42 Å². The lowest BCUT2D eigenvalue weighted by molar-refractivity contribution is -0.125. The maximum Gasteiger partial charge on any atom is 0.192 e. The SMILES string of the molecule is CC.CC.CC.CC.CCC1=C(C)C(S(=O)(=O)c2ccccc2)C2=C(Oc3cc4c(cc3O2)C2(CC4(C)C)CC(C)(C)c3cc4c(cc32)OC(C)(CC)C(C)(CC)O4)C1S(=O)c1ccccc1. The van der Waals surface area contributed by atoms with Crippen LogP contribution in [0, 0.1) is 0 Å². The van der Waals surface area contributed by atoms with E-state index in [1.165, 1.54) is 11.1 Å². The van der Waals surface area contributed by atoms with E-state index in [0.717, 1.165) is 53.9 Å². The molecule has 366 valence electrons. The summed E-state index contributed by atoms with van der Waals surface area (Å²) < 4.78 is 72.1. The van der Waals surface area contributed by atoms with Crippen molar-refractivity contribution in [2.75, 3.05) is 0 Å². The Labute approximate surface area is 407 Å². The lowest BCUT2D eigenvalue weighted by Crippen LogP contribution is -2.59. The molecule has 0 saturated carbocycles. The molecule has 2 heterocycles. The number of benzene rings is 4. The summed E-state index contributed by atoms with van der Waals surface area (Å²) in [6, 6.07) is 26.5. The van der Waals surface area contributed by atoms with Gasteiger partial charge >= 0.3 is 0 Å². The molecule has 0 N–H and O–H groups in total. The van der Waals surface area contributed by atoms with E-state index < -0.39 is 42.3 Å². The number of fused-ring (bicyclic) bond motifs is 6. The Morgan fingerprint density at radius 1 is 0.582 bits per heavy atom. The molecule has 2 aliphatic heterocycles. The predicted octanol–water partition coefficient (Wildman–Crippen LogP) is 15.3. The number of hydrogen-bond acceptors (Lipinski definition) is 7. The van der Waals surface area contributed by atoms with Gasteiger partial charge in [0.25, 0.3) is 0 Å². The Kier molecular flexibility index (Phi) is 16.3. The van der Waals surface area contributed by atoms with E-state index in [2.05, 4.69) is 79.7 Å². The van der Waals surface area contributed by atoms with Crippen LogP contribution in [-0.4, -0.2) is 34.3 Å². The lowest BCUT2D eigenvalue weighted by atomic mass is 9.72. The van der Waals surface area contributed by atoms with E-state index >= 15 is 0 Å². The van der Waals surface area contributed by atoms with Crippen molar-refractivity contribution in [3.05, 3.63) is 130 Å². The van der Waals surface area contributed by atoms with Gasteiger partial charge in [0.1, 0.15) is 21.7 Å². The van der Waals surface area contributed by atoms with Crippen LogP contribution in [0.1, 0.15) is 179 Å². The van der Waals surface area contributed by atoms with Crippen LogP contribution in [0.4, 0.5) is 0 Å². The summed E-state index contributed by atoms with van der Waals surface area (Å²) in [7, 11) is -5.63. The highest BCUT2D eigenvalue weighted by Gasteiger charge is 2.59. The summed E-state index contributed by atoms with van der Waals surface area (Å²) in [5.41, 5.74) is 4.39. The molecule has 4 aromatic rings. The highest BCUT2D eigenvalue weighted by atomic mass is 32.2. The van der Waals surface area contributed by atoms with Gasteiger partial charge in [0.15, 0.2) is 44.4 Å². The first-order chi connectivity index (χ1) is 31.8. The molecule has 0 aromatic heterocycles. The van der Waals surface area contributed by atoms with Crippen LogP contribution >= 0.6 is 0 Å². The van der Waals surface area contributed by atoms with Gasteiger partial charge in [-0.1, -0.05) is 140 Å². The third kappa shape index (κ3) is 8.72.